The molecule has 1 N–H and O–H groups in total. The predicted molar refractivity (Wildman–Crippen MR) is 86.4 cm³/mol. The lowest BCUT2D eigenvalue weighted by atomic mass is 9.99. The number of methoxy groups -OCH3 is 1. The normalized spacial score (nSPS) is 17.8. The van der Waals surface area contributed by atoms with E-state index in [1.54, 1.807) is 12.0 Å². The Bertz CT molecular complexity index is 683. The summed E-state index contributed by atoms with van der Waals surface area (Å²) in [7, 11) is 1.61. The van der Waals surface area contributed by atoms with Gasteiger partial charge >= 0.3 is 0 Å². The van der Waals surface area contributed by atoms with Crippen LogP contribution in [0.25, 0.3) is 11.4 Å². The Kier molecular flexibility index (Phi) is 5.10. The van der Waals surface area contributed by atoms with Gasteiger partial charge in [-0.1, -0.05) is 5.16 Å². The van der Waals surface area contributed by atoms with E-state index in [0.717, 1.165) is 30.7 Å². The Hall–Kier alpha value is -2.41. The number of carbonyl (C=O) groups excluding carboxylic acids is 1. The van der Waals surface area contributed by atoms with Crippen LogP contribution in [0.15, 0.2) is 28.8 Å². The van der Waals surface area contributed by atoms with E-state index < -0.39 is 0 Å². The molecule has 1 atom stereocenters. The van der Waals surface area contributed by atoms with Crippen LogP contribution in [0.3, 0.4) is 0 Å². The van der Waals surface area contributed by atoms with Gasteiger partial charge < -0.3 is 19.3 Å². The van der Waals surface area contributed by atoms with Gasteiger partial charge in [0.05, 0.1) is 7.11 Å². The lowest BCUT2D eigenvalue weighted by Crippen LogP contribution is -2.41. The fraction of sp³-hybridized carbons (Fsp3) is 0.471. The Balaban J connectivity index is 1.63. The number of likely N-dealkylation sites (tertiary alicyclic amines) is 1. The second kappa shape index (κ2) is 7.44. The number of hydrogen-bond donors (Lipinski definition) is 1. The molecular formula is C17H21N3O4. The second-order valence-corrected chi connectivity index (χ2v) is 5.95. The van der Waals surface area contributed by atoms with Crippen molar-refractivity contribution in [2.24, 2.45) is 5.92 Å². The smallest absolute Gasteiger partial charge is 0.236 e. The van der Waals surface area contributed by atoms with Crippen molar-refractivity contribution in [2.75, 3.05) is 26.8 Å². The number of piperidine rings is 1. The standard InChI is InChI=1S/C17H21N3O4/c1-23-14-6-4-13(5-7-14)17-18-15(24-19-17)9-16(22)20-8-2-3-12(10-20)11-21/h4-7,12,21H,2-3,8-11H2,1H3. The first-order chi connectivity index (χ1) is 11.7. The van der Waals surface area contributed by atoms with Crippen LogP contribution >= 0.6 is 0 Å². The highest BCUT2D eigenvalue weighted by Crippen LogP contribution is 2.21. The molecule has 1 aromatic heterocycles. The van der Waals surface area contributed by atoms with Crippen LogP contribution in [0, 0.1) is 5.92 Å². The van der Waals surface area contributed by atoms with E-state index in [2.05, 4.69) is 10.1 Å². The summed E-state index contributed by atoms with van der Waals surface area (Å²) < 4.78 is 10.3. The van der Waals surface area contributed by atoms with Crippen LogP contribution in [-0.2, 0) is 11.2 Å². The van der Waals surface area contributed by atoms with Gasteiger partial charge in [0.1, 0.15) is 12.2 Å². The van der Waals surface area contributed by atoms with Crippen molar-refractivity contribution in [3.8, 4) is 17.1 Å². The predicted octanol–water partition coefficient (Wildman–Crippen LogP) is 1.52. The van der Waals surface area contributed by atoms with Gasteiger partial charge in [0.25, 0.3) is 0 Å². The molecular weight excluding hydrogens is 310 g/mol. The van der Waals surface area contributed by atoms with Gasteiger partial charge in [0.2, 0.25) is 17.6 Å². The number of rotatable bonds is 5. The molecule has 2 aromatic rings. The van der Waals surface area contributed by atoms with Crippen molar-refractivity contribution in [3.63, 3.8) is 0 Å². The summed E-state index contributed by atoms with van der Waals surface area (Å²) in [5.41, 5.74) is 0.802. The number of hydrogen-bond acceptors (Lipinski definition) is 6. The van der Waals surface area contributed by atoms with Gasteiger partial charge in [-0.05, 0) is 43.0 Å². The maximum Gasteiger partial charge on any atom is 0.236 e. The van der Waals surface area contributed by atoms with E-state index in [4.69, 9.17) is 9.26 Å². The van der Waals surface area contributed by atoms with Gasteiger partial charge in [-0.2, -0.15) is 4.98 Å². The molecule has 1 aliphatic heterocycles. The second-order valence-electron chi connectivity index (χ2n) is 5.95. The molecule has 24 heavy (non-hydrogen) atoms. The zero-order valence-electron chi connectivity index (χ0n) is 13.6. The quantitative estimate of drug-likeness (QED) is 0.893. The van der Waals surface area contributed by atoms with Crippen molar-refractivity contribution in [1.29, 1.82) is 0 Å². The van der Waals surface area contributed by atoms with E-state index in [1.165, 1.54) is 0 Å². The third-order valence-corrected chi connectivity index (χ3v) is 4.25. The van der Waals surface area contributed by atoms with Crippen LogP contribution < -0.4 is 4.74 Å². The number of aliphatic hydroxyl groups is 1. The number of benzene rings is 1. The van der Waals surface area contributed by atoms with Crippen LogP contribution in [-0.4, -0.2) is 52.9 Å². The SMILES string of the molecule is COc1ccc(-c2noc(CC(=O)N3CCCC(CO)C3)n2)cc1. The zero-order valence-corrected chi connectivity index (χ0v) is 13.6. The third-order valence-electron chi connectivity index (χ3n) is 4.25. The van der Waals surface area contributed by atoms with Crippen LogP contribution in [0.5, 0.6) is 5.75 Å². The number of aliphatic hydroxyl groups excluding tert-OH is 1. The highest BCUT2D eigenvalue weighted by atomic mass is 16.5. The topological polar surface area (TPSA) is 88.7 Å². The van der Waals surface area contributed by atoms with E-state index >= 15 is 0 Å². The molecule has 0 spiro atoms. The number of carbonyl (C=O) groups is 1. The van der Waals surface area contributed by atoms with Crippen molar-refractivity contribution in [3.05, 3.63) is 30.2 Å². The molecule has 1 saturated heterocycles. The van der Waals surface area contributed by atoms with E-state index in [9.17, 15) is 9.90 Å². The van der Waals surface area contributed by atoms with E-state index in [0.29, 0.717) is 18.3 Å². The summed E-state index contributed by atoms with van der Waals surface area (Å²) in [4.78, 5) is 18.4. The summed E-state index contributed by atoms with van der Waals surface area (Å²) in [6.07, 6.45) is 1.96. The summed E-state index contributed by atoms with van der Waals surface area (Å²) in [6, 6.07) is 7.32. The minimum Gasteiger partial charge on any atom is -0.497 e. The third kappa shape index (κ3) is 3.73. The molecule has 0 radical (unpaired) electrons. The summed E-state index contributed by atoms with van der Waals surface area (Å²) in [5, 5.41) is 13.2. The Morgan fingerprint density at radius 1 is 1.42 bits per heavy atom. The summed E-state index contributed by atoms with van der Waals surface area (Å²) >= 11 is 0. The van der Waals surface area contributed by atoms with Crippen LogP contribution in [0.2, 0.25) is 0 Å². The molecule has 0 saturated carbocycles. The minimum atomic E-state index is -0.0434. The number of nitrogens with zero attached hydrogens (tertiary/aromatic N) is 3. The molecule has 0 bridgehead atoms. The molecule has 0 aliphatic carbocycles. The highest BCUT2D eigenvalue weighted by molar-refractivity contribution is 5.78. The molecule has 3 rings (SSSR count). The van der Waals surface area contributed by atoms with E-state index in [-0.39, 0.29) is 24.9 Å². The summed E-state index contributed by atoms with van der Waals surface area (Å²) in [6.45, 7) is 1.43. The summed E-state index contributed by atoms with van der Waals surface area (Å²) in [5.74, 6) is 1.63. The molecule has 7 heteroatoms. The molecule has 1 aliphatic rings. The molecule has 7 nitrogen and oxygen atoms in total. The Morgan fingerprint density at radius 2 is 2.21 bits per heavy atom. The van der Waals surface area contributed by atoms with E-state index in [1.807, 2.05) is 24.3 Å². The van der Waals surface area contributed by atoms with Crippen molar-refractivity contribution >= 4 is 5.91 Å². The van der Waals surface area contributed by atoms with Crippen molar-refractivity contribution < 1.29 is 19.2 Å². The largest absolute Gasteiger partial charge is 0.497 e. The number of amides is 1. The first-order valence-corrected chi connectivity index (χ1v) is 8.05. The maximum atomic E-state index is 12.4. The van der Waals surface area contributed by atoms with Gasteiger partial charge in [-0.3, -0.25) is 4.79 Å². The monoisotopic (exact) mass is 331 g/mol. The van der Waals surface area contributed by atoms with Gasteiger partial charge in [0.15, 0.2) is 0 Å². The average molecular weight is 331 g/mol. The van der Waals surface area contributed by atoms with Gasteiger partial charge in [-0.25, -0.2) is 0 Å². The molecule has 1 aromatic carbocycles. The fourth-order valence-corrected chi connectivity index (χ4v) is 2.87. The number of aromatic nitrogens is 2. The maximum absolute atomic E-state index is 12.4. The number of ether oxygens (including phenoxy) is 1. The van der Waals surface area contributed by atoms with Crippen LogP contribution in [0.4, 0.5) is 0 Å². The van der Waals surface area contributed by atoms with Gasteiger partial charge in [0, 0.05) is 25.3 Å². The van der Waals surface area contributed by atoms with Crippen molar-refractivity contribution in [2.45, 2.75) is 19.3 Å². The fourth-order valence-electron chi connectivity index (χ4n) is 2.87. The average Bonchev–Trinajstić information content (AvgIpc) is 3.10. The van der Waals surface area contributed by atoms with Gasteiger partial charge in [-0.15, -0.1) is 0 Å². The molecule has 128 valence electrons. The zero-order chi connectivity index (χ0) is 16.9. The first-order valence-electron chi connectivity index (χ1n) is 8.05. The Morgan fingerprint density at radius 3 is 2.92 bits per heavy atom. The lowest BCUT2D eigenvalue weighted by molar-refractivity contribution is -0.132. The lowest BCUT2D eigenvalue weighted by Gasteiger charge is -2.31. The first kappa shape index (κ1) is 16.4. The van der Waals surface area contributed by atoms with Crippen molar-refractivity contribution in [1.82, 2.24) is 15.0 Å². The molecule has 1 amide bonds. The Labute approximate surface area is 140 Å². The highest BCUT2D eigenvalue weighted by Gasteiger charge is 2.24. The minimum absolute atomic E-state index is 0.0434. The molecule has 1 fully saturated rings. The molecule has 1 unspecified atom stereocenters. The van der Waals surface area contributed by atoms with Crippen LogP contribution in [0.1, 0.15) is 18.7 Å². The molecule has 2 heterocycles.